The van der Waals surface area contributed by atoms with E-state index in [1.807, 2.05) is 0 Å². The molecule has 2 aromatic carbocycles. The van der Waals surface area contributed by atoms with Crippen LogP contribution in [0.4, 0.5) is 0 Å². The maximum Gasteiger partial charge on any atom is 0.220 e. The van der Waals surface area contributed by atoms with Crippen molar-refractivity contribution >= 4 is 29.0 Å². The number of fused-ring (bicyclic) bond motifs is 3. The van der Waals surface area contributed by atoms with E-state index in [2.05, 4.69) is 5.32 Å². The van der Waals surface area contributed by atoms with Crippen LogP contribution >= 0.6 is 0 Å². The lowest BCUT2D eigenvalue weighted by Crippen LogP contribution is -2.55. The molecule has 0 saturated carbocycles. The highest BCUT2D eigenvalue weighted by atomic mass is 16.7. The molecule has 13 nitrogen and oxygen atoms in total. The molecule has 1 amide bonds. The fourth-order valence-corrected chi connectivity index (χ4v) is 6.54. The first kappa shape index (κ1) is 33.2. The van der Waals surface area contributed by atoms with Crippen LogP contribution in [0.1, 0.15) is 102 Å². The average Bonchev–Trinajstić information content (AvgIpc) is 2.99. The Morgan fingerprint density at radius 3 is 2.39 bits per heavy atom. The van der Waals surface area contributed by atoms with E-state index in [9.17, 15) is 44.4 Å². The predicted octanol–water partition coefficient (Wildman–Crippen LogP) is 1.95. The molecule has 2 aliphatic carbocycles. The number of methoxy groups -OCH3 is 1. The minimum absolute atomic E-state index is 0.0468. The van der Waals surface area contributed by atoms with E-state index >= 15 is 0 Å². The van der Waals surface area contributed by atoms with E-state index in [1.54, 1.807) is 6.92 Å². The second-order valence-electron chi connectivity index (χ2n) is 12.2. The van der Waals surface area contributed by atoms with Crippen molar-refractivity contribution in [2.24, 2.45) is 0 Å². The molecule has 1 aliphatic heterocycles. The lowest BCUT2D eigenvalue weighted by atomic mass is 9.72. The Hall–Kier alpha value is -4.17. The van der Waals surface area contributed by atoms with E-state index in [-0.39, 0.29) is 59.0 Å². The number of aliphatic hydroxyl groups excluding tert-OH is 1. The molecule has 0 radical (unpaired) electrons. The number of phenolic OH excluding ortho intramolecular Hbond substituents is 2. The van der Waals surface area contributed by atoms with Gasteiger partial charge in [-0.05, 0) is 33.3 Å². The minimum atomic E-state index is -2.08. The quantitative estimate of drug-likeness (QED) is 0.213. The van der Waals surface area contributed by atoms with Gasteiger partial charge in [-0.2, -0.15) is 0 Å². The maximum absolute atomic E-state index is 13.8. The summed E-state index contributed by atoms with van der Waals surface area (Å²) in [4.78, 5) is 63.9. The number of ketones is 4. The van der Waals surface area contributed by atoms with Crippen molar-refractivity contribution in [1.29, 1.82) is 0 Å². The summed E-state index contributed by atoms with van der Waals surface area (Å²) < 4.78 is 17.4. The Morgan fingerprint density at radius 2 is 1.74 bits per heavy atom. The largest absolute Gasteiger partial charge is 0.507 e. The van der Waals surface area contributed by atoms with Gasteiger partial charge in [-0.15, -0.1) is 0 Å². The normalized spacial score (nSPS) is 26.9. The van der Waals surface area contributed by atoms with Crippen molar-refractivity contribution in [3.8, 4) is 17.2 Å². The summed E-state index contributed by atoms with van der Waals surface area (Å²) in [5, 5.41) is 48.0. The number of carbonyl (C=O) groups excluding carboxylic acids is 5. The van der Waals surface area contributed by atoms with Gasteiger partial charge in [-0.1, -0.05) is 12.1 Å². The number of hydrogen-bond acceptors (Lipinski definition) is 12. The van der Waals surface area contributed by atoms with Crippen LogP contribution in [-0.2, 0) is 30.3 Å². The molecule has 1 fully saturated rings. The first-order valence-corrected chi connectivity index (χ1v) is 15.1. The SMILES string of the molecule is COc1cccc2c1C(=O)c1c(O)c3c(c(O)c1C2=O)C[C@@](O)(C(C)=O)C[C@@H]3OC1CC(NC(=O)CCCC(C)=O)C(O)C(C)O1. The molecule has 1 heterocycles. The predicted molar refractivity (Wildman–Crippen MR) is 159 cm³/mol. The number of carbonyl (C=O) groups is 5. The molecule has 0 spiro atoms. The van der Waals surface area contributed by atoms with Gasteiger partial charge in [0.1, 0.15) is 34.7 Å². The summed E-state index contributed by atoms with van der Waals surface area (Å²) in [6, 6.07) is 3.55. The molecule has 3 aliphatic rings. The number of phenols is 2. The van der Waals surface area contributed by atoms with E-state index in [0.717, 1.165) is 6.92 Å². The van der Waals surface area contributed by atoms with Crippen LogP contribution in [0.25, 0.3) is 0 Å². The third kappa shape index (κ3) is 5.79. The molecule has 5 N–H and O–H groups in total. The van der Waals surface area contributed by atoms with Gasteiger partial charge in [-0.25, -0.2) is 0 Å². The minimum Gasteiger partial charge on any atom is -0.507 e. The van der Waals surface area contributed by atoms with Gasteiger partial charge in [0.15, 0.2) is 17.9 Å². The van der Waals surface area contributed by atoms with Crippen molar-refractivity contribution in [2.45, 2.75) is 95.5 Å². The fourth-order valence-electron chi connectivity index (χ4n) is 6.54. The van der Waals surface area contributed by atoms with Crippen LogP contribution in [0.15, 0.2) is 18.2 Å². The maximum atomic E-state index is 13.8. The number of benzene rings is 2. The number of amides is 1. The molecule has 5 rings (SSSR count). The van der Waals surface area contributed by atoms with Crippen LogP contribution in [0, 0.1) is 0 Å². The summed E-state index contributed by atoms with van der Waals surface area (Å²) in [7, 11) is 1.32. The fraction of sp³-hybridized carbons (Fsp3) is 0.485. The number of Topliss-reactive ketones (excluding diaryl/α,β-unsaturated/α-hetero) is 2. The molecule has 1 saturated heterocycles. The third-order valence-corrected chi connectivity index (χ3v) is 9.03. The van der Waals surface area contributed by atoms with Crippen molar-refractivity contribution in [3.63, 3.8) is 0 Å². The Labute approximate surface area is 264 Å². The Bertz CT molecular complexity index is 1630. The molecule has 13 heteroatoms. The van der Waals surface area contributed by atoms with Gasteiger partial charge in [-0.3, -0.25) is 19.2 Å². The Morgan fingerprint density at radius 1 is 1.04 bits per heavy atom. The number of ether oxygens (including phenoxy) is 3. The van der Waals surface area contributed by atoms with E-state index in [1.165, 1.54) is 32.2 Å². The van der Waals surface area contributed by atoms with E-state index in [0.29, 0.717) is 6.42 Å². The molecule has 6 atom stereocenters. The Balaban J connectivity index is 1.52. The third-order valence-electron chi connectivity index (χ3n) is 9.03. The zero-order valence-corrected chi connectivity index (χ0v) is 25.9. The van der Waals surface area contributed by atoms with Crippen LogP contribution in [-0.4, -0.2) is 86.7 Å². The molecule has 46 heavy (non-hydrogen) atoms. The van der Waals surface area contributed by atoms with Gasteiger partial charge in [0.25, 0.3) is 0 Å². The molecule has 0 bridgehead atoms. The van der Waals surface area contributed by atoms with Gasteiger partial charge in [0.05, 0.1) is 42.0 Å². The zero-order valence-electron chi connectivity index (χ0n) is 25.9. The topological polar surface area (TPSA) is 206 Å². The smallest absolute Gasteiger partial charge is 0.220 e. The number of aromatic hydroxyl groups is 2. The molecule has 2 aromatic rings. The van der Waals surface area contributed by atoms with Crippen molar-refractivity contribution in [3.05, 3.63) is 51.6 Å². The van der Waals surface area contributed by atoms with Crippen molar-refractivity contribution in [2.75, 3.05) is 7.11 Å². The highest BCUT2D eigenvalue weighted by molar-refractivity contribution is 6.31. The molecular formula is C33H37NO12. The van der Waals surface area contributed by atoms with E-state index < -0.39 is 89.1 Å². The van der Waals surface area contributed by atoms with Crippen LogP contribution in [0.3, 0.4) is 0 Å². The number of aliphatic hydroxyl groups is 2. The Kier molecular flexibility index (Phi) is 9.06. The number of hydrogen-bond donors (Lipinski definition) is 5. The first-order valence-electron chi connectivity index (χ1n) is 15.1. The lowest BCUT2D eigenvalue weighted by Gasteiger charge is -2.42. The lowest BCUT2D eigenvalue weighted by molar-refractivity contribution is -0.249. The average molecular weight is 640 g/mol. The van der Waals surface area contributed by atoms with Gasteiger partial charge < -0.3 is 44.7 Å². The van der Waals surface area contributed by atoms with Gasteiger partial charge >= 0.3 is 0 Å². The van der Waals surface area contributed by atoms with Crippen molar-refractivity contribution < 1.29 is 58.6 Å². The number of rotatable bonds is 9. The van der Waals surface area contributed by atoms with Gasteiger partial charge in [0, 0.05) is 48.8 Å². The molecule has 0 aromatic heterocycles. The highest BCUT2D eigenvalue weighted by Gasteiger charge is 2.49. The summed E-state index contributed by atoms with van der Waals surface area (Å²) in [5.74, 6) is -3.88. The monoisotopic (exact) mass is 639 g/mol. The summed E-state index contributed by atoms with van der Waals surface area (Å²) in [6.45, 7) is 4.14. The second kappa shape index (κ2) is 12.6. The summed E-state index contributed by atoms with van der Waals surface area (Å²) >= 11 is 0. The van der Waals surface area contributed by atoms with Crippen LogP contribution < -0.4 is 10.1 Å². The second-order valence-corrected chi connectivity index (χ2v) is 12.2. The standard InChI is InChI=1S/C33H37NO12/c1-14(35)7-5-10-22(37)34-19-11-23(45-15(2)28(19)38)46-21-13-33(43,16(3)36)12-18-25(21)32(42)27-26(30(18)40)29(39)17-8-6-9-20(44-4)24(17)31(27)41/h6,8-9,15,19,21,23,28,38,40,42-43H,5,7,10-13H2,1-4H3,(H,34,37)/t15?,19?,21-,23?,28?,33-/m0/s1. The molecular weight excluding hydrogens is 602 g/mol. The first-order chi connectivity index (χ1) is 21.7. The van der Waals surface area contributed by atoms with Crippen molar-refractivity contribution in [1.82, 2.24) is 5.32 Å². The summed E-state index contributed by atoms with van der Waals surface area (Å²) in [5.41, 5.74) is -3.40. The highest BCUT2D eigenvalue weighted by Crippen LogP contribution is 2.52. The zero-order chi connectivity index (χ0) is 33.7. The van der Waals surface area contributed by atoms with Crippen LogP contribution in [0.5, 0.6) is 17.2 Å². The van der Waals surface area contributed by atoms with Gasteiger partial charge in [0.2, 0.25) is 11.7 Å². The molecule has 246 valence electrons. The summed E-state index contributed by atoms with van der Waals surface area (Å²) in [6.07, 6.45) is -4.77. The van der Waals surface area contributed by atoms with Crippen LogP contribution in [0.2, 0.25) is 0 Å². The molecule has 4 unspecified atom stereocenters. The number of nitrogens with one attached hydrogen (secondary N) is 1. The van der Waals surface area contributed by atoms with E-state index in [4.69, 9.17) is 14.2 Å².